The van der Waals surface area contributed by atoms with Crippen LogP contribution < -0.4 is 4.72 Å². The van der Waals surface area contributed by atoms with Crippen molar-refractivity contribution in [3.63, 3.8) is 0 Å². The Kier molecular flexibility index (Phi) is 5.23. The molecule has 1 fully saturated rings. The highest BCUT2D eigenvalue weighted by Gasteiger charge is 2.35. The van der Waals surface area contributed by atoms with Gasteiger partial charge in [0.15, 0.2) is 0 Å². The number of sulfonamides is 1. The summed E-state index contributed by atoms with van der Waals surface area (Å²) < 4.78 is 26.6. The Balaban J connectivity index is 2.09. The summed E-state index contributed by atoms with van der Waals surface area (Å²) in [7, 11) is -3.86. The van der Waals surface area contributed by atoms with Crippen molar-refractivity contribution in [1.82, 2.24) is 9.62 Å². The lowest BCUT2D eigenvalue weighted by atomic mass is 10.2. The zero-order valence-electron chi connectivity index (χ0n) is 12.7. The predicted octanol–water partition coefficient (Wildman–Crippen LogP) is 1.65. The standard InChI is InChI=1S/C14H20N2O4S2/c1-3-5-12(17)16-9-4-6-11(16)14(18)15-22(19,20)13-8-7-10(2)21-13/h7-8,11H,3-6,9H2,1-2H3,(H,15,18)/t11-/m0/s1. The van der Waals surface area contributed by atoms with Gasteiger partial charge in [0.05, 0.1) is 0 Å². The van der Waals surface area contributed by atoms with Crippen LogP contribution >= 0.6 is 11.3 Å². The number of carbonyl (C=O) groups excluding carboxylic acids is 2. The van der Waals surface area contributed by atoms with Gasteiger partial charge in [-0.1, -0.05) is 6.92 Å². The number of nitrogens with one attached hydrogen (secondary N) is 1. The van der Waals surface area contributed by atoms with Crippen molar-refractivity contribution in [3.8, 4) is 0 Å². The molecule has 0 saturated carbocycles. The van der Waals surface area contributed by atoms with E-state index in [4.69, 9.17) is 0 Å². The number of carbonyl (C=O) groups is 2. The number of hydrogen-bond donors (Lipinski definition) is 1. The van der Waals surface area contributed by atoms with Crippen LogP contribution in [-0.2, 0) is 19.6 Å². The molecule has 1 aliphatic heterocycles. The minimum Gasteiger partial charge on any atom is -0.331 e. The Bertz CT molecular complexity index is 666. The lowest BCUT2D eigenvalue weighted by Gasteiger charge is -2.23. The van der Waals surface area contributed by atoms with E-state index in [1.807, 2.05) is 6.92 Å². The molecule has 1 aliphatic rings. The lowest BCUT2D eigenvalue weighted by Crippen LogP contribution is -2.47. The van der Waals surface area contributed by atoms with E-state index in [1.54, 1.807) is 13.0 Å². The van der Waals surface area contributed by atoms with Gasteiger partial charge in [-0.25, -0.2) is 13.1 Å². The summed E-state index contributed by atoms with van der Waals surface area (Å²) in [6.07, 6.45) is 2.29. The van der Waals surface area contributed by atoms with Crippen molar-refractivity contribution in [2.24, 2.45) is 0 Å². The maximum absolute atomic E-state index is 12.3. The van der Waals surface area contributed by atoms with Gasteiger partial charge in [0.1, 0.15) is 10.3 Å². The Labute approximate surface area is 134 Å². The van der Waals surface area contributed by atoms with Crippen LogP contribution in [0.5, 0.6) is 0 Å². The highest BCUT2D eigenvalue weighted by atomic mass is 32.2. The molecule has 0 aromatic carbocycles. The van der Waals surface area contributed by atoms with E-state index in [1.165, 1.54) is 11.0 Å². The third-order valence-corrected chi connectivity index (χ3v) is 6.39. The van der Waals surface area contributed by atoms with Crippen molar-refractivity contribution in [3.05, 3.63) is 17.0 Å². The van der Waals surface area contributed by atoms with Gasteiger partial charge in [-0.15, -0.1) is 11.3 Å². The molecule has 1 saturated heterocycles. The number of thiophene rings is 1. The zero-order valence-corrected chi connectivity index (χ0v) is 14.3. The van der Waals surface area contributed by atoms with Gasteiger partial charge in [0, 0.05) is 17.8 Å². The number of aryl methyl sites for hydroxylation is 1. The molecule has 1 N–H and O–H groups in total. The predicted molar refractivity (Wildman–Crippen MR) is 84.0 cm³/mol. The first kappa shape index (κ1) is 17.0. The SMILES string of the molecule is CCCC(=O)N1CCC[C@H]1C(=O)NS(=O)(=O)c1ccc(C)s1. The van der Waals surface area contributed by atoms with Gasteiger partial charge in [-0.3, -0.25) is 9.59 Å². The smallest absolute Gasteiger partial charge is 0.273 e. The summed E-state index contributed by atoms with van der Waals surface area (Å²) in [5.41, 5.74) is 0. The van der Waals surface area contributed by atoms with E-state index in [9.17, 15) is 18.0 Å². The van der Waals surface area contributed by atoms with Gasteiger partial charge in [0.25, 0.3) is 15.9 Å². The third kappa shape index (κ3) is 3.67. The largest absolute Gasteiger partial charge is 0.331 e. The molecule has 6 nitrogen and oxygen atoms in total. The van der Waals surface area contributed by atoms with Crippen LogP contribution in [0.1, 0.15) is 37.5 Å². The highest BCUT2D eigenvalue weighted by molar-refractivity contribution is 7.92. The fourth-order valence-corrected chi connectivity index (χ4v) is 4.80. The van der Waals surface area contributed by atoms with Crippen molar-refractivity contribution >= 4 is 33.2 Å². The molecule has 1 aromatic heterocycles. The molecule has 1 atom stereocenters. The molecule has 2 heterocycles. The molecule has 0 aliphatic carbocycles. The Morgan fingerprint density at radius 2 is 2.14 bits per heavy atom. The van der Waals surface area contributed by atoms with Crippen molar-refractivity contribution in [2.45, 2.75) is 49.8 Å². The fourth-order valence-electron chi connectivity index (χ4n) is 2.50. The van der Waals surface area contributed by atoms with Crippen LogP contribution in [0.4, 0.5) is 0 Å². The topological polar surface area (TPSA) is 83.6 Å². The molecule has 22 heavy (non-hydrogen) atoms. The molecule has 0 bridgehead atoms. The van der Waals surface area contributed by atoms with E-state index >= 15 is 0 Å². The molecule has 8 heteroatoms. The van der Waals surface area contributed by atoms with E-state index in [-0.39, 0.29) is 10.1 Å². The number of nitrogens with zero attached hydrogens (tertiary/aromatic N) is 1. The maximum Gasteiger partial charge on any atom is 0.273 e. The van der Waals surface area contributed by atoms with Gasteiger partial charge in [-0.2, -0.15) is 0 Å². The molecule has 1 aromatic rings. The summed E-state index contributed by atoms with van der Waals surface area (Å²) >= 11 is 1.11. The van der Waals surface area contributed by atoms with E-state index < -0.39 is 22.0 Å². The molecule has 0 unspecified atom stereocenters. The molecule has 2 rings (SSSR count). The zero-order chi connectivity index (χ0) is 16.3. The van der Waals surface area contributed by atoms with Crippen LogP contribution in [-0.4, -0.2) is 37.7 Å². The minimum atomic E-state index is -3.86. The molecule has 0 spiro atoms. The monoisotopic (exact) mass is 344 g/mol. The second kappa shape index (κ2) is 6.78. The average molecular weight is 344 g/mol. The van der Waals surface area contributed by atoms with Crippen LogP contribution in [0.2, 0.25) is 0 Å². The Hall–Kier alpha value is -1.41. The van der Waals surface area contributed by atoms with Crippen LogP contribution in [0.15, 0.2) is 16.3 Å². The van der Waals surface area contributed by atoms with Gasteiger partial charge < -0.3 is 4.90 Å². The summed E-state index contributed by atoms with van der Waals surface area (Å²) in [5, 5.41) is 0. The fraction of sp³-hybridized carbons (Fsp3) is 0.571. The number of rotatable bonds is 5. The average Bonchev–Trinajstić information content (AvgIpc) is 3.07. The number of hydrogen-bond acceptors (Lipinski definition) is 5. The Morgan fingerprint density at radius 3 is 2.73 bits per heavy atom. The maximum atomic E-state index is 12.3. The number of likely N-dealkylation sites (tertiary alicyclic amines) is 1. The second-order valence-electron chi connectivity index (χ2n) is 5.33. The van der Waals surface area contributed by atoms with Crippen LogP contribution in [0, 0.1) is 6.92 Å². The molecule has 0 radical (unpaired) electrons. The molecular weight excluding hydrogens is 324 g/mol. The molecule has 122 valence electrons. The van der Waals surface area contributed by atoms with E-state index in [0.717, 1.165) is 16.2 Å². The normalized spacial score (nSPS) is 18.5. The lowest BCUT2D eigenvalue weighted by molar-refractivity contribution is -0.137. The summed E-state index contributed by atoms with van der Waals surface area (Å²) in [6, 6.07) is 2.48. The summed E-state index contributed by atoms with van der Waals surface area (Å²) in [4.78, 5) is 26.6. The van der Waals surface area contributed by atoms with Crippen molar-refractivity contribution in [1.29, 1.82) is 0 Å². The van der Waals surface area contributed by atoms with E-state index in [2.05, 4.69) is 4.72 Å². The second-order valence-corrected chi connectivity index (χ2v) is 8.53. The highest BCUT2D eigenvalue weighted by Crippen LogP contribution is 2.22. The first-order chi connectivity index (χ1) is 10.3. The van der Waals surface area contributed by atoms with Gasteiger partial charge >= 0.3 is 0 Å². The minimum absolute atomic E-state index is 0.0930. The van der Waals surface area contributed by atoms with Crippen LogP contribution in [0.3, 0.4) is 0 Å². The van der Waals surface area contributed by atoms with Crippen molar-refractivity contribution in [2.75, 3.05) is 6.54 Å². The molecular formula is C14H20N2O4S2. The van der Waals surface area contributed by atoms with Crippen molar-refractivity contribution < 1.29 is 18.0 Å². The first-order valence-electron chi connectivity index (χ1n) is 7.27. The quantitative estimate of drug-likeness (QED) is 0.880. The van der Waals surface area contributed by atoms with E-state index in [0.29, 0.717) is 32.2 Å². The van der Waals surface area contributed by atoms with Crippen LogP contribution in [0.25, 0.3) is 0 Å². The molecule has 2 amide bonds. The first-order valence-corrected chi connectivity index (χ1v) is 9.57. The summed E-state index contributed by atoms with van der Waals surface area (Å²) in [5.74, 6) is -0.711. The van der Waals surface area contributed by atoms with Gasteiger partial charge in [0.2, 0.25) is 5.91 Å². The van der Waals surface area contributed by atoms with Gasteiger partial charge in [-0.05, 0) is 38.3 Å². The summed E-state index contributed by atoms with van der Waals surface area (Å²) in [6.45, 7) is 4.20. The third-order valence-electron chi connectivity index (χ3n) is 3.56. The number of amides is 2. The Morgan fingerprint density at radius 1 is 1.41 bits per heavy atom.